The highest BCUT2D eigenvalue weighted by atomic mass is 16.5. The molecule has 0 spiro atoms. The number of rotatable bonds is 3. The van der Waals surface area contributed by atoms with Crippen molar-refractivity contribution in [2.24, 2.45) is 7.05 Å². The van der Waals surface area contributed by atoms with E-state index in [1.165, 1.54) is 0 Å². The van der Waals surface area contributed by atoms with Crippen LogP contribution in [0.15, 0.2) is 30.0 Å². The second-order valence-corrected chi connectivity index (χ2v) is 6.17. The minimum atomic E-state index is 0.156. The highest BCUT2D eigenvalue weighted by Gasteiger charge is 2.33. The van der Waals surface area contributed by atoms with E-state index in [1.807, 2.05) is 40.8 Å². The minimum Gasteiger partial charge on any atom is -0.510 e. The van der Waals surface area contributed by atoms with E-state index in [2.05, 4.69) is 4.98 Å². The topological polar surface area (TPSA) is 74.4 Å². The van der Waals surface area contributed by atoms with Crippen molar-refractivity contribution in [2.75, 3.05) is 19.7 Å². The van der Waals surface area contributed by atoms with Gasteiger partial charge in [-0.1, -0.05) is 12.1 Å². The van der Waals surface area contributed by atoms with Crippen LogP contribution in [0.3, 0.4) is 0 Å². The lowest BCUT2D eigenvalue weighted by Gasteiger charge is -2.22. The van der Waals surface area contributed by atoms with Gasteiger partial charge in [0.2, 0.25) is 0 Å². The highest BCUT2D eigenvalue weighted by molar-refractivity contribution is 6.23. The Balaban J connectivity index is 1.66. The van der Waals surface area contributed by atoms with Crippen LogP contribution >= 0.6 is 0 Å². The summed E-state index contributed by atoms with van der Waals surface area (Å²) in [6.45, 7) is 1.80. The maximum absolute atomic E-state index is 10.4. The van der Waals surface area contributed by atoms with E-state index < -0.39 is 0 Å². The summed E-state index contributed by atoms with van der Waals surface area (Å²) in [5, 5.41) is 18.9. The molecule has 23 heavy (non-hydrogen) atoms. The second-order valence-electron chi connectivity index (χ2n) is 6.17. The molecule has 1 atom stereocenters. The molecule has 2 aliphatic rings. The molecule has 6 heteroatoms. The van der Waals surface area contributed by atoms with Crippen LogP contribution in [0.5, 0.6) is 0 Å². The molecule has 4 rings (SSSR count). The fourth-order valence-electron chi connectivity index (χ4n) is 3.43. The summed E-state index contributed by atoms with van der Waals surface area (Å²) in [7, 11) is 1.92. The number of aromatic nitrogens is 2. The van der Waals surface area contributed by atoms with Crippen LogP contribution in [0.1, 0.15) is 18.7 Å². The first-order valence-corrected chi connectivity index (χ1v) is 7.94. The van der Waals surface area contributed by atoms with Crippen molar-refractivity contribution in [1.29, 1.82) is 5.41 Å². The Kier molecular flexibility index (Phi) is 3.34. The van der Waals surface area contributed by atoms with E-state index in [-0.39, 0.29) is 11.9 Å². The summed E-state index contributed by atoms with van der Waals surface area (Å²) in [5.74, 6) is 1.19. The maximum atomic E-state index is 10.4. The van der Waals surface area contributed by atoms with Crippen LogP contribution in [-0.2, 0) is 11.8 Å². The molecular weight excluding hydrogens is 292 g/mol. The monoisotopic (exact) mass is 312 g/mol. The van der Waals surface area contributed by atoms with E-state index >= 15 is 0 Å². The summed E-state index contributed by atoms with van der Waals surface area (Å²) in [4.78, 5) is 6.48. The molecule has 2 N–H and O–H groups in total. The molecule has 1 saturated heterocycles. The molecule has 1 fully saturated rings. The number of benzene rings is 1. The number of aliphatic hydroxyl groups is 1. The van der Waals surface area contributed by atoms with Gasteiger partial charge in [-0.05, 0) is 25.0 Å². The number of hydrogen-bond acceptors (Lipinski definition) is 4. The zero-order chi connectivity index (χ0) is 16.0. The average molecular weight is 312 g/mol. The molecule has 0 aliphatic carbocycles. The predicted molar refractivity (Wildman–Crippen MR) is 88.5 cm³/mol. The summed E-state index contributed by atoms with van der Waals surface area (Å²) < 4.78 is 7.59. The normalized spacial score (nSPS) is 21.9. The van der Waals surface area contributed by atoms with Crippen molar-refractivity contribution in [3.05, 3.63) is 35.8 Å². The van der Waals surface area contributed by atoms with Gasteiger partial charge in [-0.3, -0.25) is 5.41 Å². The molecule has 0 amide bonds. The summed E-state index contributed by atoms with van der Waals surface area (Å²) in [6.07, 6.45) is 2.25. The van der Waals surface area contributed by atoms with Gasteiger partial charge in [-0.15, -0.1) is 0 Å². The first-order valence-electron chi connectivity index (χ1n) is 7.94. The molecule has 0 saturated carbocycles. The maximum Gasteiger partial charge on any atom is 0.148 e. The number of aliphatic hydroxyl groups excluding tert-OH is 1. The Hall–Kier alpha value is -2.34. The van der Waals surface area contributed by atoms with Crippen molar-refractivity contribution in [2.45, 2.75) is 18.9 Å². The molecule has 3 heterocycles. The SMILES string of the molecule is Cn1c(C2=C(O)CN(C[C@@H]3CCCO3)C2=N)nc2ccccc21. The molecule has 6 nitrogen and oxygen atoms in total. The van der Waals surface area contributed by atoms with Gasteiger partial charge in [0.15, 0.2) is 0 Å². The van der Waals surface area contributed by atoms with Crippen molar-refractivity contribution in [3.8, 4) is 0 Å². The number of imidazole rings is 1. The molecule has 2 aliphatic heterocycles. The van der Waals surface area contributed by atoms with Crippen molar-refractivity contribution < 1.29 is 9.84 Å². The third-order valence-electron chi connectivity index (χ3n) is 4.64. The lowest BCUT2D eigenvalue weighted by Crippen LogP contribution is -2.34. The zero-order valence-corrected chi connectivity index (χ0v) is 13.1. The van der Waals surface area contributed by atoms with E-state index in [0.29, 0.717) is 30.3 Å². The Morgan fingerprint density at radius 3 is 2.96 bits per heavy atom. The number of amidine groups is 1. The molecule has 0 unspecified atom stereocenters. The van der Waals surface area contributed by atoms with Crippen LogP contribution in [0.2, 0.25) is 0 Å². The third-order valence-corrected chi connectivity index (χ3v) is 4.64. The van der Waals surface area contributed by atoms with Gasteiger partial charge in [0.05, 0.1) is 29.3 Å². The van der Waals surface area contributed by atoms with Crippen molar-refractivity contribution >= 4 is 22.4 Å². The molecular formula is C17H20N4O2. The van der Waals surface area contributed by atoms with Crippen molar-refractivity contribution in [1.82, 2.24) is 14.5 Å². The van der Waals surface area contributed by atoms with E-state index in [1.54, 1.807) is 0 Å². The molecule has 0 bridgehead atoms. The van der Waals surface area contributed by atoms with Crippen LogP contribution in [0.25, 0.3) is 16.6 Å². The van der Waals surface area contributed by atoms with E-state index in [9.17, 15) is 5.11 Å². The van der Waals surface area contributed by atoms with Crippen LogP contribution in [0, 0.1) is 5.41 Å². The Morgan fingerprint density at radius 2 is 2.22 bits per heavy atom. The van der Waals surface area contributed by atoms with Gasteiger partial charge in [0, 0.05) is 20.2 Å². The predicted octanol–water partition coefficient (Wildman–Crippen LogP) is 2.31. The fraction of sp³-hybridized carbons (Fsp3) is 0.412. The number of nitrogens with zero attached hydrogens (tertiary/aromatic N) is 3. The van der Waals surface area contributed by atoms with Gasteiger partial charge < -0.3 is 19.3 Å². The Bertz CT molecular complexity index is 802. The molecule has 120 valence electrons. The fourth-order valence-corrected chi connectivity index (χ4v) is 3.43. The number of para-hydroxylation sites is 2. The van der Waals surface area contributed by atoms with Gasteiger partial charge in [0.1, 0.15) is 17.4 Å². The number of nitrogens with one attached hydrogen (secondary N) is 1. The third kappa shape index (κ3) is 2.30. The first-order chi connectivity index (χ1) is 11.1. The zero-order valence-electron chi connectivity index (χ0n) is 13.1. The number of aryl methyl sites for hydroxylation is 1. The lowest BCUT2D eigenvalue weighted by molar-refractivity contribution is 0.0924. The molecule has 2 aromatic rings. The van der Waals surface area contributed by atoms with E-state index in [0.717, 1.165) is 30.5 Å². The molecule has 1 aromatic carbocycles. The van der Waals surface area contributed by atoms with Crippen LogP contribution < -0.4 is 0 Å². The molecule has 1 aromatic heterocycles. The van der Waals surface area contributed by atoms with Crippen LogP contribution in [-0.4, -0.2) is 51.2 Å². The summed E-state index contributed by atoms with van der Waals surface area (Å²) in [5.41, 5.74) is 2.39. The van der Waals surface area contributed by atoms with Gasteiger partial charge >= 0.3 is 0 Å². The Labute approximate surface area is 134 Å². The van der Waals surface area contributed by atoms with Crippen molar-refractivity contribution in [3.63, 3.8) is 0 Å². The number of hydrogen-bond donors (Lipinski definition) is 2. The van der Waals surface area contributed by atoms with Gasteiger partial charge in [0.25, 0.3) is 0 Å². The second kappa shape index (κ2) is 5.38. The molecule has 0 radical (unpaired) electrons. The number of ether oxygens (including phenoxy) is 1. The smallest absolute Gasteiger partial charge is 0.148 e. The minimum absolute atomic E-state index is 0.156. The number of fused-ring (bicyclic) bond motifs is 1. The quantitative estimate of drug-likeness (QED) is 0.912. The Morgan fingerprint density at radius 1 is 1.39 bits per heavy atom. The largest absolute Gasteiger partial charge is 0.510 e. The highest BCUT2D eigenvalue weighted by Crippen LogP contribution is 2.29. The van der Waals surface area contributed by atoms with Gasteiger partial charge in [-0.25, -0.2) is 4.98 Å². The summed E-state index contributed by atoms with van der Waals surface area (Å²) in [6, 6.07) is 7.84. The van der Waals surface area contributed by atoms with Crippen LogP contribution in [0.4, 0.5) is 0 Å². The first kappa shape index (κ1) is 14.3. The lowest BCUT2D eigenvalue weighted by atomic mass is 10.2. The standard InChI is InChI=1S/C17H20N4O2/c1-20-13-7-3-2-6-12(13)19-17(20)15-14(22)10-21(16(15)18)9-11-5-4-8-23-11/h2-3,6-7,11,18,22H,4-5,8-10H2,1H3/t11-/m0/s1. The summed E-state index contributed by atoms with van der Waals surface area (Å²) >= 11 is 0. The van der Waals surface area contributed by atoms with Gasteiger partial charge in [-0.2, -0.15) is 0 Å². The van der Waals surface area contributed by atoms with E-state index in [4.69, 9.17) is 10.1 Å². The average Bonchev–Trinajstić information content (AvgIpc) is 3.22.